The zero-order chi connectivity index (χ0) is 43.1. The lowest BCUT2D eigenvalue weighted by atomic mass is 10.1. The van der Waals surface area contributed by atoms with Crippen LogP contribution < -0.4 is 15.4 Å². The Morgan fingerprint density at radius 2 is 1.69 bits per heavy atom. The summed E-state index contributed by atoms with van der Waals surface area (Å²) < 4.78 is 124. The first-order valence-electron chi connectivity index (χ1n) is 19.3. The zero-order valence-corrected chi connectivity index (χ0v) is 36.1. The SMILES string of the molecule is C[C@H](O[C@H](C)[C@H](N[S+]([O-])C(C)(C)C)c1nc2cc([C@@H](COC3CC3)NC[C@H](NC(=O)OCc3ccccc3)C(F)(F)F)ccc2n1COCC[Si](C)(C)C)C(F)(F)F. The van der Waals surface area contributed by atoms with Crippen molar-refractivity contribution in [3.8, 4) is 0 Å². The Bertz CT molecular complexity index is 1750. The minimum Gasteiger partial charge on any atom is -0.598 e. The predicted molar refractivity (Wildman–Crippen MR) is 213 cm³/mol. The van der Waals surface area contributed by atoms with Crippen molar-refractivity contribution in [2.75, 3.05) is 19.8 Å². The van der Waals surface area contributed by atoms with E-state index in [2.05, 4.69) is 29.7 Å². The number of ether oxygens (including phenoxy) is 4. The van der Waals surface area contributed by atoms with E-state index in [1.807, 2.05) is 5.32 Å². The van der Waals surface area contributed by atoms with Crippen molar-refractivity contribution in [2.24, 2.45) is 0 Å². The molecule has 1 fully saturated rings. The molecular formula is C39H57F6N5O6SSi. The van der Waals surface area contributed by atoms with Gasteiger partial charge in [-0.2, -0.15) is 26.3 Å². The van der Waals surface area contributed by atoms with Gasteiger partial charge in [-0.25, -0.2) is 9.78 Å². The second kappa shape index (κ2) is 20.1. The Labute approximate surface area is 340 Å². The lowest BCUT2D eigenvalue weighted by molar-refractivity contribution is -0.227. The molecule has 1 heterocycles. The molecule has 0 aliphatic heterocycles. The molecule has 4 rings (SSSR count). The number of carbonyl (C=O) groups is 1. The van der Waals surface area contributed by atoms with Crippen LogP contribution in [-0.2, 0) is 43.6 Å². The molecule has 0 saturated heterocycles. The highest BCUT2D eigenvalue weighted by molar-refractivity contribution is 7.90. The summed E-state index contributed by atoms with van der Waals surface area (Å²) in [6.45, 7) is 13.5. The molecule has 1 aliphatic carbocycles. The maximum atomic E-state index is 14.3. The monoisotopic (exact) mass is 865 g/mol. The van der Waals surface area contributed by atoms with Crippen molar-refractivity contribution in [3.63, 3.8) is 0 Å². The summed E-state index contributed by atoms with van der Waals surface area (Å²) in [4.78, 5) is 17.3. The standard InChI is InChI=1S/C39H57F6N5O6SSi/c1-25(56-26(2)38(40,41)42)34(49-57(52)37(3,4)5)35-47-30-20-28(14-17-32(30)50(35)24-53-18-19-58(6,7)8)31(23-54-29-15-16-29)46-21-33(39(43,44)45)48-36(51)55-22-27-12-10-9-11-13-27/h9-14,17,20,25-26,29,31,33-34,46,49H,15-16,18-19,21-24H2,1-8H3,(H,48,51)/t25-,26+,31-,33+,34+,57?/m1/s1. The molecule has 0 radical (unpaired) electrons. The molecule has 58 heavy (non-hydrogen) atoms. The van der Waals surface area contributed by atoms with Gasteiger partial charge >= 0.3 is 18.4 Å². The van der Waals surface area contributed by atoms with Gasteiger partial charge in [0, 0.05) is 32.6 Å². The van der Waals surface area contributed by atoms with E-state index in [1.165, 1.54) is 6.92 Å². The Morgan fingerprint density at radius 3 is 2.28 bits per heavy atom. The van der Waals surface area contributed by atoms with Gasteiger partial charge in [-0.15, -0.1) is 4.72 Å². The van der Waals surface area contributed by atoms with E-state index in [-0.39, 0.29) is 31.9 Å². The van der Waals surface area contributed by atoms with Crippen LogP contribution >= 0.6 is 0 Å². The first-order valence-corrected chi connectivity index (χ1v) is 24.1. The molecule has 1 aromatic heterocycles. The number of imidazole rings is 1. The van der Waals surface area contributed by atoms with Crippen LogP contribution in [0.3, 0.4) is 0 Å². The van der Waals surface area contributed by atoms with Crippen molar-refractivity contribution in [1.82, 2.24) is 24.9 Å². The molecule has 0 bridgehead atoms. The lowest BCUT2D eigenvalue weighted by Crippen LogP contribution is -2.52. The average molecular weight is 866 g/mol. The Kier molecular flexibility index (Phi) is 16.6. The fourth-order valence-corrected chi connectivity index (χ4v) is 7.21. The molecule has 3 aromatic rings. The number of benzene rings is 2. The average Bonchev–Trinajstić information content (AvgIpc) is 3.88. The summed E-state index contributed by atoms with van der Waals surface area (Å²) in [6, 6.07) is 10.2. The van der Waals surface area contributed by atoms with Crippen molar-refractivity contribution >= 4 is 36.6 Å². The maximum absolute atomic E-state index is 14.3. The number of hydrogen-bond donors (Lipinski definition) is 3. The number of nitrogens with one attached hydrogen (secondary N) is 3. The van der Waals surface area contributed by atoms with Crippen LogP contribution in [0, 0.1) is 0 Å². The van der Waals surface area contributed by atoms with Crippen molar-refractivity contribution < 1.29 is 54.6 Å². The summed E-state index contributed by atoms with van der Waals surface area (Å²) in [6.07, 6.45) is -12.5. The van der Waals surface area contributed by atoms with Crippen molar-refractivity contribution in [2.45, 2.75) is 140 Å². The van der Waals surface area contributed by atoms with Gasteiger partial charge in [0.1, 0.15) is 36.0 Å². The van der Waals surface area contributed by atoms with Gasteiger partial charge in [0.2, 0.25) is 0 Å². The highest BCUT2D eigenvalue weighted by Gasteiger charge is 2.43. The number of hydrogen-bond acceptors (Lipinski definition) is 9. The summed E-state index contributed by atoms with van der Waals surface area (Å²) in [5.41, 5.74) is 2.00. The predicted octanol–water partition coefficient (Wildman–Crippen LogP) is 8.46. The number of aromatic nitrogens is 2. The third-order valence-corrected chi connectivity index (χ3v) is 12.6. The third-order valence-electron chi connectivity index (χ3n) is 9.33. The van der Waals surface area contributed by atoms with Crippen LogP contribution in [0.5, 0.6) is 0 Å². The van der Waals surface area contributed by atoms with Gasteiger partial charge in [-0.1, -0.05) is 56.0 Å². The first kappa shape index (κ1) is 47.8. The number of fused-ring (bicyclic) bond motifs is 1. The Morgan fingerprint density at radius 1 is 1.02 bits per heavy atom. The van der Waals surface area contributed by atoms with E-state index in [0.717, 1.165) is 25.8 Å². The second-order valence-corrected chi connectivity index (χ2v) is 24.4. The van der Waals surface area contributed by atoms with Crippen molar-refractivity contribution in [1.29, 1.82) is 0 Å². The van der Waals surface area contributed by atoms with Crippen molar-refractivity contribution in [3.05, 3.63) is 65.5 Å². The van der Waals surface area contributed by atoms with Crippen LogP contribution in [0.4, 0.5) is 31.1 Å². The molecule has 6 atom stereocenters. The summed E-state index contributed by atoms with van der Waals surface area (Å²) in [7, 11) is -1.50. The highest BCUT2D eigenvalue weighted by atomic mass is 32.2. The van der Waals surface area contributed by atoms with Crippen LogP contribution in [0.25, 0.3) is 11.0 Å². The molecule has 1 aliphatic rings. The number of halogens is 6. The minimum absolute atomic E-state index is 0.00151. The second-order valence-electron chi connectivity index (χ2n) is 16.8. The van der Waals surface area contributed by atoms with E-state index in [1.54, 1.807) is 73.9 Å². The van der Waals surface area contributed by atoms with Crippen LogP contribution in [0.15, 0.2) is 48.5 Å². The molecule has 11 nitrogen and oxygen atoms in total. The van der Waals surface area contributed by atoms with E-state index in [0.29, 0.717) is 28.8 Å². The molecule has 3 N–H and O–H groups in total. The van der Waals surface area contributed by atoms with Gasteiger partial charge in [-0.3, -0.25) is 0 Å². The van der Waals surface area contributed by atoms with Crippen LogP contribution in [-0.4, -0.2) is 89.5 Å². The molecule has 2 aromatic carbocycles. The molecule has 0 spiro atoms. The smallest absolute Gasteiger partial charge is 0.414 e. The van der Waals surface area contributed by atoms with Crippen LogP contribution in [0.2, 0.25) is 25.7 Å². The summed E-state index contributed by atoms with van der Waals surface area (Å²) in [5, 5.41) is 4.84. The van der Waals surface area contributed by atoms with Gasteiger partial charge in [0.25, 0.3) is 0 Å². The number of alkyl carbamates (subject to hydrolysis) is 1. The van der Waals surface area contributed by atoms with E-state index >= 15 is 0 Å². The lowest BCUT2D eigenvalue weighted by Gasteiger charge is -2.32. The fraction of sp³-hybridized carbons (Fsp3) is 0.641. The fourth-order valence-electron chi connectivity index (χ4n) is 5.57. The van der Waals surface area contributed by atoms with Crippen LogP contribution in [0.1, 0.15) is 76.5 Å². The van der Waals surface area contributed by atoms with Gasteiger partial charge < -0.3 is 38.7 Å². The molecule has 326 valence electrons. The molecular weight excluding hydrogens is 809 g/mol. The van der Waals surface area contributed by atoms with Gasteiger partial charge in [0.05, 0.1) is 35.9 Å². The summed E-state index contributed by atoms with van der Waals surface area (Å²) >= 11 is -1.77. The third kappa shape index (κ3) is 15.0. The molecule has 1 amide bonds. The molecule has 19 heteroatoms. The topological polar surface area (TPSA) is 131 Å². The summed E-state index contributed by atoms with van der Waals surface area (Å²) in [5.74, 6) is 0.203. The highest BCUT2D eigenvalue weighted by Crippen LogP contribution is 2.33. The van der Waals surface area contributed by atoms with Gasteiger partial charge in [0.15, 0.2) is 6.10 Å². The molecule has 1 unspecified atom stereocenters. The Hall–Kier alpha value is -2.91. The minimum atomic E-state index is -4.83. The van der Waals surface area contributed by atoms with E-state index in [9.17, 15) is 35.7 Å². The number of carbonyl (C=O) groups excluding carboxylic acids is 1. The van der Waals surface area contributed by atoms with Gasteiger partial charge in [-0.05, 0) is 76.8 Å². The largest absolute Gasteiger partial charge is 0.598 e. The number of nitrogens with zero attached hydrogens (tertiary/aromatic N) is 2. The number of rotatable bonds is 21. The first-order chi connectivity index (χ1) is 26.9. The number of amides is 1. The normalized spacial score (nSPS) is 17.4. The quantitative estimate of drug-likeness (QED) is 0.0418. The maximum Gasteiger partial charge on any atom is 0.414 e. The van der Waals surface area contributed by atoms with E-state index in [4.69, 9.17) is 23.9 Å². The number of alkyl halides is 6. The van der Waals surface area contributed by atoms with E-state index < -0.39 is 79.5 Å². The zero-order valence-electron chi connectivity index (χ0n) is 34.3. The molecule has 1 saturated carbocycles. The Balaban J connectivity index is 1.68.